The topological polar surface area (TPSA) is 86.7 Å². The summed E-state index contributed by atoms with van der Waals surface area (Å²) in [5.74, 6) is -3.69. The molecule has 1 fully saturated rings. The summed E-state index contributed by atoms with van der Waals surface area (Å²) >= 11 is 5.62. The Kier molecular flexibility index (Phi) is 5.43. The van der Waals surface area contributed by atoms with Crippen LogP contribution in [0.25, 0.3) is 0 Å². The van der Waals surface area contributed by atoms with Gasteiger partial charge in [-0.15, -0.1) is 0 Å². The van der Waals surface area contributed by atoms with Crippen molar-refractivity contribution in [2.75, 3.05) is 11.4 Å². The van der Waals surface area contributed by atoms with Crippen molar-refractivity contribution >= 4 is 35.1 Å². The lowest BCUT2D eigenvalue weighted by Gasteiger charge is -2.20. The average molecular weight is 357 g/mol. The van der Waals surface area contributed by atoms with Crippen LogP contribution in [0.1, 0.15) is 20.3 Å². The second kappa shape index (κ2) is 7.17. The Morgan fingerprint density at radius 1 is 1.42 bits per heavy atom. The zero-order valence-electron chi connectivity index (χ0n) is 13.3. The highest BCUT2D eigenvalue weighted by Gasteiger charge is 2.36. The summed E-state index contributed by atoms with van der Waals surface area (Å²) in [5.41, 5.74) is 0.337. The molecule has 3 atom stereocenters. The number of nitrogens with zero attached hydrogens (tertiary/aromatic N) is 1. The molecular weight excluding hydrogens is 339 g/mol. The molecule has 0 bridgehead atoms. The highest BCUT2D eigenvalue weighted by molar-refractivity contribution is 6.30. The zero-order chi connectivity index (χ0) is 18.0. The largest absolute Gasteiger partial charge is 0.481 e. The van der Waals surface area contributed by atoms with E-state index in [0.717, 1.165) is 6.07 Å². The fourth-order valence-corrected chi connectivity index (χ4v) is 2.58. The van der Waals surface area contributed by atoms with Gasteiger partial charge in [-0.1, -0.05) is 11.6 Å². The van der Waals surface area contributed by atoms with Gasteiger partial charge in [0.15, 0.2) is 0 Å². The fourth-order valence-electron chi connectivity index (χ4n) is 2.47. The van der Waals surface area contributed by atoms with E-state index in [1.165, 1.54) is 24.0 Å². The molecule has 2 rings (SSSR count). The van der Waals surface area contributed by atoms with Crippen LogP contribution in [0.5, 0.6) is 0 Å². The molecule has 1 aromatic carbocycles. The van der Waals surface area contributed by atoms with Crippen molar-refractivity contribution in [1.29, 1.82) is 0 Å². The van der Waals surface area contributed by atoms with Gasteiger partial charge in [0, 0.05) is 24.7 Å². The van der Waals surface area contributed by atoms with Gasteiger partial charge in [0.05, 0.1) is 16.9 Å². The van der Waals surface area contributed by atoms with Crippen LogP contribution < -0.4 is 10.2 Å². The molecule has 1 aliphatic heterocycles. The summed E-state index contributed by atoms with van der Waals surface area (Å²) in [4.78, 5) is 36.6. The number of benzene rings is 1. The van der Waals surface area contributed by atoms with Crippen molar-refractivity contribution in [1.82, 2.24) is 5.32 Å². The molecule has 8 heteroatoms. The Bertz CT molecular complexity index is 682. The smallest absolute Gasteiger partial charge is 0.308 e. The molecule has 24 heavy (non-hydrogen) atoms. The zero-order valence-corrected chi connectivity index (χ0v) is 14.0. The van der Waals surface area contributed by atoms with Gasteiger partial charge >= 0.3 is 5.97 Å². The van der Waals surface area contributed by atoms with Crippen LogP contribution in [0.15, 0.2) is 18.2 Å². The van der Waals surface area contributed by atoms with Crippen LogP contribution >= 0.6 is 11.6 Å². The van der Waals surface area contributed by atoms with Crippen LogP contribution in [0, 0.1) is 17.7 Å². The molecule has 2 amide bonds. The molecule has 0 saturated carbocycles. The van der Waals surface area contributed by atoms with Crippen molar-refractivity contribution in [3.63, 3.8) is 0 Å². The maximum Gasteiger partial charge on any atom is 0.308 e. The number of carbonyl (C=O) groups is 3. The van der Waals surface area contributed by atoms with Crippen molar-refractivity contribution in [2.24, 2.45) is 11.8 Å². The van der Waals surface area contributed by atoms with Crippen molar-refractivity contribution in [3.05, 3.63) is 29.0 Å². The lowest BCUT2D eigenvalue weighted by molar-refractivity contribution is -0.142. The number of aliphatic carboxylic acids is 1. The van der Waals surface area contributed by atoms with E-state index in [2.05, 4.69) is 5.32 Å². The van der Waals surface area contributed by atoms with Gasteiger partial charge in [0.2, 0.25) is 11.8 Å². The molecule has 0 aromatic heterocycles. The minimum atomic E-state index is -1.01. The van der Waals surface area contributed by atoms with E-state index in [1.54, 1.807) is 6.92 Å². The molecule has 1 heterocycles. The highest BCUT2D eigenvalue weighted by atomic mass is 35.5. The van der Waals surface area contributed by atoms with E-state index in [4.69, 9.17) is 16.7 Å². The molecule has 6 nitrogen and oxygen atoms in total. The summed E-state index contributed by atoms with van der Waals surface area (Å²) in [7, 11) is 0. The van der Waals surface area contributed by atoms with Gasteiger partial charge in [0.25, 0.3) is 0 Å². The van der Waals surface area contributed by atoms with Gasteiger partial charge in [0.1, 0.15) is 5.82 Å². The third kappa shape index (κ3) is 3.84. The molecule has 0 aliphatic carbocycles. The van der Waals surface area contributed by atoms with Gasteiger partial charge in [-0.25, -0.2) is 4.39 Å². The second-order valence-corrected chi connectivity index (χ2v) is 6.34. The van der Waals surface area contributed by atoms with E-state index >= 15 is 0 Å². The molecule has 130 valence electrons. The van der Waals surface area contributed by atoms with Gasteiger partial charge < -0.3 is 15.3 Å². The van der Waals surface area contributed by atoms with E-state index in [1.807, 2.05) is 0 Å². The predicted octanol–water partition coefficient (Wildman–Crippen LogP) is 2.06. The van der Waals surface area contributed by atoms with E-state index in [0.29, 0.717) is 5.69 Å². The van der Waals surface area contributed by atoms with Gasteiger partial charge in [-0.05, 0) is 32.0 Å². The lowest BCUT2D eigenvalue weighted by atomic mass is 10.0. The number of nitrogens with one attached hydrogen (secondary N) is 1. The first-order valence-corrected chi connectivity index (χ1v) is 7.87. The van der Waals surface area contributed by atoms with Crippen LogP contribution in [0.4, 0.5) is 10.1 Å². The Morgan fingerprint density at radius 3 is 2.67 bits per heavy atom. The highest BCUT2D eigenvalue weighted by Crippen LogP contribution is 2.28. The first kappa shape index (κ1) is 18.2. The molecule has 1 aliphatic rings. The number of carboxylic acids is 1. The minimum Gasteiger partial charge on any atom is -0.481 e. The molecule has 0 radical (unpaired) electrons. The summed E-state index contributed by atoms with van der Waals surface area (Å²) in [6.07, 6.45) is -0.00967. The number of carboxylic acid groups (broad SMARTS) is 1. The Balaban J connectivity index is 2.04. The lowest BCUT2D eigenvalue weighted by Crippen LogP contribution is -2.43. The molecule has 3 unspecified atom stereocenters. The van der Waals surface area contributed by atoms with Crippen LogP contribution in [-0.2, 0) is 14.4 Å². The van der Waals surface area contributed by atoms with E-state index < -0.39 is 29.7 Å². The van der Waals surface area contributed by atoms with Crippen molar-refractivity contribution < 1.29 is 23.9 Å². The van der Waals surface area contributed by atoms with E-state index in [9.17, 15) is 18.8 Å². The first-order valence-electron chi connectivity index (χ1n) is 7.49. The van der Waals surface area contributed by atoms with Gasteiger partial charge in [-0.2, -0.15) is 0 Å². The van der Waals surface area contributed by atoms with Crippen LogP contribution in [-0.4, -0.2) is 35.5 Å². The Labute approximate surface area is 143 Å². The normalized spacial score (nSPS) is 19.9. The summed E-state index contributed by atoms with van der Waals surface area (Å²) < 4.78 is 13.5. The molecule has 0 spiro atoms. The Hall–Kier alpha value is -2.15. The van der Waals surface area contributed by atoms with Crippen LogP contribution in [0.2, 0.25) is 5.02 Å². The van der Waals surface area contributed by atoms with Crippen molar-refractivity contribution in [3.8, 4) is 0 Å². The molecule has 1 aromatic rings. The summed E-state index contributed by atoms with van der Waals surface area (Å²) in [5, 5.41) is 11.5. The van der Waals surface area contributed by atoms with Gasteiger partial charge in [-0.3, -0.25) is 14.4 Å². The number of amides is 2. The first-order chi connectivity index (χ1) is 11.2. The second-order valence-electron chi connectivity index (χ2n) is 5.93. The molecule has 2 N–H and O–H groups in total. The summed E-state index contributed by atoms with van der Waals surface area (Å²) in [6.45, 7) is 3.20. The maximum atomic E-state index is 13.5. The SMILES string of the molecule is CC(NC(=O)C1CC(=O)N(c2ccc(Cl)c(F)c2)C1)C(C)C(=O)O. The third-order valence-electron chi connectivity index (χ3n) is 4.22. The quantitative estimate of drug-likeness (QED) is 0.845. The number of hydrogen-bond acceptors (Lipinski definition) is 3. The Morgan fingerprint density at radius 2 is 2.08 bits per heavy atom. The average Bonchev–Trinajstić information content (AvgIpc) is 2.91. The van der Waals surface area contributed by atoms with E-state index in [-0.39, 0.29) is 29.8 Å². The predicted molar refractivity (Wildman–Crippen MR) is 86.3 cm³/mol. The minimum absolute atomic E-state index is 0.00967. The molecule has 1 saturated heterocycles. The van der Waals surface area contributed by atoms with Crippen molar-refractivity contribution in [2.45, 2.75) is 26.3 Å². The maximum absolute atomic E-state index is 13.5. The third-order valence-corrected chi connectivity index (χ3v) is 4.53. The van der Waals surface area contributed by atoms with Crippen LogP contribution in [0.3, 0.4) is 0 Å². The summed E-state index contributed by atoms with van der Waals surface area (Å²) in [6, 6.07) is 3.45. The molecular formula is C16H18ClFN2O4. The number of anilines is 1. The number of rotatable bonds is 5. The number of halogens is 2. The number of hydrogen-bond donors (Lipinski definition) is 2. The standard InChI is InChI=1S/C16H18ClFN2O4/c1-8(16(23)24)9(2)19-15(22)10-5-14(21)20(7-10)11-3-4-12(17)13(18)6-11/h3-4,6,8-10H,5,7H2,1-2H3,(H,19,22)(H,23,24). The number of carbonyl (C=O) groups excluding carboxylic acids is 2. The monoisotopic (exact) mass is 356 g/mol. The fraction of sp³-hybridized carbons (Fsp3) is 0.438.